The average Bonchev–Trinajstić information content (AvgIpc) is 2.43. The molecule has 20 heavy (non-hydrogen) atoms. The molecule has 0 unspecified atom stereocenters. The lowest BCUT2D eigenvalue weighted by atomic mass is 9.59. The van der Waals surface area contributed by atoms with Crippen LogP contribution in [0, 0.1) is 5.92 Å². The van der Waals surface area contributed by atoms with Crippen molar-refractivity contribution in [1.29, 1.82) is 0 Å². The fourth-order valence-corrected chi connectivity index (χ4v) is 4.28. The maximum absolute atomic E-state index is 9.84. The molecule has 2 bridgehead atoms. The monoisotopic (exact) mass is 271 g/mol. The molecule has 1 N–H and O–H groups in total. The van der Waals surface area contributed by atoms with Gasteiger partial charge in [-0.3, -0.25) is 4.90 Å². The minimum Gasteiger partial charge on any atom is -0.508 e. The largest absolute Gasteiger partial charge is 0.508 e. The van der Waals surface area contributed by atoms with Gasteiger partial charge in [0.25, 0.3) is 0 Å². The number of likely N-dealkylation sites (tertiary alicyclic amines) is 1. The molecule has 1 aromatic rings. The van der Waals surface area contributed by atoms with E-state index in [9.17, 15) is 5.11 Å². The summed E-state index contributed by atoms with van der Waals surface area (Å²) >= 11 is 0. The predicted molar refractivity (Wildman–Crippen MR) is 83.1 cm³/mol. The third kappa shape index (κ3) is 1.81. The lowest BCUT2D eigenvalue weighted by Gasteiger charge is -2.55. The van der Waals surface area contributed by atoms with E-state index in [1.807, 2.05) is 12.1 Å². The van der Waals surface area contributed by atoms with Crippen LogP contribution >= 0.6 is 0 Å². The fraction of sp³-hybridized carbons (Fsp3) is 0.556. The summed E-state index contributed by atoms with van der Waals surface area (Å²) in [5.41, 5.74) is 2.97. The number of phenolic OH excluding ortho intramolecular Hbond substituents is 1. The summed E-state index contributed by atoms with van der Waals surface area (Å²) < 4.78 is 0. The van der Waals surface area contributed by atoms with Gasteiger partial charge in [-0.05, 0) is 60.9 Å². The highest BCUT2D eigenvalue weighted by atomic mass is 16.3. The zero-order valence-electron chi connectivity index (χ0n) is 12.8. The van der Waals surface area contributed by atoms with Gasteiger partial charge in [0.15, 0.2) is 0 Å². The first-order chi connectivity index (χ1) is 9.47. The van der Waals surface area contributed by atoms with Crippen LogP contribution in [0.15, 0.2) is 30.9 Å². The van der Waals surface area contributed by atoms with Crippen molar-refractivity contribution in [2.45, 2.75) is 51.1 Å². The van der Waals surface area contributed by atoms with E-state index in [1.165, 1.54) is 11.1 Å². The smallest absolute Gasteiger partial charge is 0.115 e. The Kier molecular flexibility index (Phi) is 3.17. The van der Waals surface area contributed by atoms with Crippen LogP contribution in [0.2, 0.25) is 0 Å². The molecule has 0 radical (unpaired) electrons. The van der Waals surface area contributed by atoms with Crippen molar-refractivity contribution < 1.29 is 5.11 Å². The number of benzene rings is 1. The van der Waals surface area contributed by atoms with Gasteiger partial charge in [0.1, 0.15) is 5.75 Å². The standard InChI is InChI=1S/C18H25NO/c1-5-12(2)19-9-8-18(4)13(3)17(19)10-14-6-7-15(20)11-16(14)18/h5-7,11-13,17,20H,1,8-10H2,2-4H3/t12-,13-,17+,18-/m1/s1. The molecular formula is C18H25NO. The van der Waals surface area contributed by atoms with E-state index in [-0.39, 0.29) is 5.41 Å². The van der Waals surface area contributed by atoms with Gasteiger partial charge in [-0.25, -0.2) is 0 Å². The molecule has 1 aliphatic carbocycles. The Morgan fingerprint density at radius 1 is 1.50 bits per heavy atom. The summed E-state index contributed by atoms with van der Waals surface area (Å²) in [5, 5.41) is 9.84. The SMILES string of the molecule is C=C[C@@H](C)N1CC[C@@]2(C)c3cc(O)ccc3C[C@H]1[C@H]2C. The molecule has 0 aromatic heterocycles. The van der Waals surface area contributed by atoms with Crippen LogP contribution in [0.25, 0.3) is 0 Å². The molecule has 1 fully saturated rings. The summed E-state index contributed by atoms with van der Waals surface area (Å²) in [7, 11) is 0. The molecule has 1 heterocycles. The van der Waals surface area contributed by atoms with Crippen LogP contribution in [0.1, 0.15) is 38.3 Å². The van der Waals surface area contributed by atoms with Gasteiger partial charge in [-0.1, -0.05) is 26.0 Å². The summed E-state index contributed by atoms with van der Waals surface area (Å²) in [6.45, 7) is 12.1. The normalized spacial score (nSPS) is 34.4. The van der Waals surface area contributed by atoms with Crippen molar-refractivity contribution in [3.8, 4) is 5.75 Å². The highest BCUT2D eigenvalue weighted by molar-refractivity contribution is 5.44. The highest BCUT2D eigenvalue weighted by Crippen LogP contribution is 2.49. The number of nitrogens with zero attached hydrogens (tertiary/aromatic N) is 1. The Bertz CT molecular complexity index is 538. The fourth-order valence-electron chi connectivity index (χ4n) is 4.28. The molecule has 0 amide bonds. The second kappa shape index (κ2) is 4.63. The van der Waals surface area contributed by atoms with Crippen LogP contribution in [0.4, 0.5) is 0 Å². The van der Waals surface area contributed by atoms with Crippen molar-refractivity contribution in [3.05, 3.63) is 42.0 Å². The average molecular weight is 271 g/mol. The maximum atomic E-state index is 9.84. The third-order valence-electron chi connectivity index (χ3n) is 5.90. The lowest BCUT2D eigenvalue weighted by molar-refractivity contribution is 0.0180. The quantitative estimate of drug-likeness (QED) is 0.832. The highest BCUT2D eigenvalue weighted by Gasteiger charge is 2.48. The molecule has 2 nitrogen and oxygen atoms in total. The van der Waals surface area contributed by atoms with E-state index in [4.69, 9.17) is 0 Å². The Labute approximate surface area is 122 Å². The first kappa shape index (κ1) is 13.7. The van der Waals surface area contributed by atoms with Crippen molar-refractivity contribution in [3.63, 3.8) is 0 Å². The second-order valence-corrected chi connectivity index (χ2v) is 6.78. The Balaban J connectivity index is 2.06. The molecule has 108 valence electrons. The van der Waals surface area contributed by atoms with Crippen molar-refractivity contribution >= 4 is 0 Å². The van der Waals surface area contributed by atoms with Gasteiger partial charge in [0.05, 0.1) is 0 Å². The summed E-state index contributed by atoms with van der Waals surface area (Å²) in [5.74, 6) is 1.01. The zero-order chi connectivity index (χ0) is 14.5. The molecule has 0 saturated carbocycles. The van der Waals surface area contributed by atoms with Crippen LogP contribution in [0.3, 0.4) is 0 Å². The summed E-state index contributed by atoms with van der Waals surface area (Å²) in [6, 6.07) is 6.96. The van der Waals surface area contributed by atoms with E-state index >= 15 is 0 Å². The van der Waals surface area contributed by atoms with Crippen LogP contribution in [-0.2, 0) is 11.8 Å². The minimum absolute atomic E-state index is 0.189. The molecule has 3 rings (SSSR count). The summed E-state index contributed by atoms with van der Waals surface area (Å²) in [6.07, 6.45) is 4.30. The van der Waals surface area contributed by atoms with E-state index in [2.05, 4.69) is 44.4 Å². The number of rotatable bonds is 2. The molecule has 2 aliphatic rings. The van der Waals surface area contributed by atoms with Crippen molar-refractivity contribution in [2.24, 2.45) is 5.92 Å². The van der Waals surface area contributed by atoms with E-state index < -0.39 is 0 Å². The molecule has 1 saturated heterocycles. The molecule has 1 aliphatic heterocycles. The number of aromatic hydroxyl groups is 1. The predicted octanol–water partition coefficient (Wildman–Crippen LogP) is 3.49. The van der Waals surface area contributed by atoms with Gasteiger partial charge in [0.2, 0.25) is 0 Å². The Hall–Kier alpha value is -1.28. The van der Waals surface area contributed by atoms with Gasteiger partial charge in [0, 0.05) is 12.1 Å². The van der Waals surface area contributed by atoms with E-state index in [0.717, 1.165) is 19.4 Å². The second-order valence-electron chi connectivity index (χ2n) is 6.78. The van der Waals surface area contributed by atoms with Gasteiger partial charge < -0.3 is 5.11 Å². The lowest BCUT2D eigenvalue weighted by Crippen LogP contribution is -2.59. The van der Waals surface area contributed by atoms with Gasteiger partial charge in [-0.2, -0.15) is 0 Å². The first-order valence-corrected chi connectivity index (χ1v) is 7.68. The van der Waals surface area contributed by atoms with Crippen LogP contribution in [0.5, 0.6) is 5.75 Å². The van der Waals surface area contributed by atoms with E-state index in [1.54, 1.807) is 0 Å². The number of hydrogen-bond donors (Lipinski definition) is 1. The van der Waals surface area contributed by atoms with Gasteiger partial charge >= 0.3 is 0 Å². The first-order valence-electron chi connectivity index (χ1n) is 7.68. The third-order valence-corrected chi connectivity index (χ3v) is 5.90. The van der Waals surface area contributed by atoms with Crippen molar-refractivity contribution in [1.82, 2.24) is 4.90 Å². The zero-order valence-corrected chi connectivity index (χ0v) is 12.8. The Morgan fingerprint density at radius 3 is 2.95 bits per heavy atom. The molecular weight excluding hydrogens is 246 g/mol. The van der Waals surface area contributed by atoms with Crippen LogP contribution < -0.4 is 0 Å². The topological polar surface area (TPSA) is 23.5 Å². The number of fused-ring (bicyclic) bond motifs is 4. The minimum atomic E-state index is 0.189. The maximum Gasteiger partial charge on any atom is 0.115 e. The molecule has 1 aromatic carbocycles. The molecule has 0 spiro atoms. The molecule has 2 heteroatoms. The van der Waals surface area contributed by atoms with Crippen molar-refractivity contribution in [2.75, 3.05) is 6.54 Å². The van der Waals surface area contributed by atoms with Crippen LogP contribution in [-0.4, -0.2) is 28.6 Å². The Morgan fingerprint density at radius 2 is 2.25 bits per heavy atom. The number of piperidine rings is 1. The summed E-state index contributed by atoms with van der Waals surface area (Å²) in [4.78, 5) is 2.61. The number of hydrogen-bond acceptors (Lipinski definition) is 2. The van der Waals surface area contributed by atoms with Gasteiger partial charge in [-0.15, -0.1) is 6.58 Å². The van der Waals surface area contributed by atoms with E-state index in [0.29, 0.717) is 23.8 Å². The number of phenols is 1. The molecule has 4 atom stereocenters.